The highest BCUT2D eigenvalue weighted by atomic mass is 19.1. The van der Waals surface area contributed by atoms with Crippen LogP contribution in [0, 0.1) is 11.6 Å². The van der Waals surface area contributed by atoms with E-state index in [2.05, 4.69) is 6.58 Å². The van der Waals surface area contributed by atoms with Crippen molar-refractivity contribution in [1.82, 2.24) is 0 Å². The molecule has 0 heterocycles. The van der Waals surface area contributed by atoms with Crippen molar-refractivity contribution in [2.75, 3.05) is 0 Å². The summed E-state index contributed by atoms with van der Waals surface area (Å²) in [6, 6.07) is 2.74. The molecule has 0 spiro atoms. The van der Waals surface area contributed by atoms with Crippen LogP contribution in [0.25, 0.3) is 0 Å². The lowest BCUT2D eigenvalue weighted by atomic mass is 10.1. The Balaban J connectivity index is 3.00. The Hall–Kier alpha value is -1.51. The summed E-state index contributed by atoms with van der Waals surface area (Å²) < 4.78 is 25.2. The molecule has 0 unspecified atom stereocenters. The zero-order chi connectivity index (χ0) is 9.84. The van der Waals surface area contributed by atoms with Crippen molar-refractivity contribution < 1.29 is 13.6 Å². The second-order valence-electron chi connectivity index (χ2n) is 2.57. The number of hydrogen-bond donors (Lipinski definition) is 0. The van der Waals surface area contributed by atoms with Gasteiger partial charge < -0.3 is 0 Å². The van der Waals surface area contributed by atoms with Gasteiger partial charge in [0.25, 0.3) is 0 Å². The minimum atomic E-state index is -0.743. The van der Waals surface area contributed by atoms with E-state index < -0.39 is 11.6 Å². The lowest BCUT2D eigenvalue weighted by Gasteiger charge is -1.98. The summed E-state index contributed by atoms with van der Waals surface area (Å²) in [4.78, 5) is 11.1. The van der Waals surface area contributed by atoms with Gasteiger partial charge in [-0.3, -0.25) is 4.79 Å². The third-order valence-electron chi connectivity index (χ3n) is 1.51. The molecule has 0 N–H and O–H groups in total. The molecule has 1 nitrogen and oxygen atoms in total. The second kappa shape index (κ2) is 3.94. The molecule has 3 heteroatoms. The van der Waals surface area contributed by atoms with E-state index in [1.807, 2.05) is 0 Å². The van der Waals surface area contributed by atoms with Crippen LogP contribution >= 0.6 is 0 Å². The van der Waals surface area contributed by atoms with E-state index in [1.54, 1.807) is 0 Å². The Morgan fingerprint density at radius 1 is 1.31 bits per heavy atom. The molecule has 0 aliphatic heterocycles. The predicted molar refractivity (Wildman–Crippen MR) is 45.5 cm³/mol. The highest BCUT2D eigenvalue weighted by molar-refractivity contribution is 5.96. The maximum absolute atomic E-state index is 12.6. The summed E-state index contributed by atoms with van der Waals surface area (Å²) in [7, 11) is 0. The zero-order valence-corrected chi connectivity index (χ0v) is 6.89. The van der Waals surface area contributed by atoms with Crippen LogP contribution in [-0.4, -0.2) is 5.78 Å². The van der Waals surface area contributed by atoms with Gasteiger partial charge in [-0.1, -0.05) is 6.08 Å². The minimum absolute atomic E-state index is 0.0393. The van der Waals surface area contributed by atoms with Crippen molar-refractivity contribution in [2.24, 2.45) is 0 Å². The third-order valence-corrected chi connectivity index (χ3v) is 1.51. The molecule has 1 aromatic carbocycles. The molecule has 0 saturated heterocycles. The third kappa shape index (κ3) is 2.47. The van der Waals surface area contributed by atoms with Crippen molar-refractivity contribution in [1.29, 1.82) is 0 Å². The lowest BCUT2D eigenvalue weighted by molar-refractivity contribution is 0.0995. The molecule has 0 aromatic heterocycles. The molecule has 0 fully saturated rings. The van der Waals surface area contributed by atoms with Crippen molar-refractivity contribution >= 4 is 5.78 Å². The summed E-state index contributed by atoms with van der Waals surface area (Å²) in [5.74, 6) is -1.83. The van der Waals surface area contributed by atoms with E-state index in [1.165, 1.54) is 6.08 Å². The fraction of sp³-hybridized carbons (Fsp3) is 0.100. The molecule has 1 rings (SSSR count). The Morgan fingerprint density at radius 3 is 2.31 bits per heavy atom. The smallest absolute Gasteiger partial charge is 0.166 e. The van der Waals surface area contributed by atoms with Gasteiger partial charge in [-0.2, -0.15) is 0 Å². The van der Waals surface area contributed by atoms with Gasteiger partial charge in [-0.05, 0) is 12.1 Å². The number of allylic oxidation sites excluding steroid dienone is 1. The first kappa shape index (κ1) is 9.58. The highest BCUT2D eigenvalue weighted by Gasteiger charge is 2.06. The SMILES string of the molecule is C=CCC(=O)c1cc(F)cc(F)c1. The van der Waals surface area contributed by atoms with Crippen molar-refractivity contribution in [3.05, 3.63) is 48.1 Å². The number of hydrogen-bond acceptors (Lipinski definition) is 1. The van der Waals surface area contributed by atoms with Crippen LogP contribution in [0.1, 0.15) is 16.8 Å². The molecule has 0 radical (unpaired) electrons. The summed E-state index contributed by atoms with van der Waals surface area (Å²) in [5.41, 5.74) is 0.0393. The number of carbonyl (C=O) groups is 1. The molecule has 0 saturated carbocycles. The first-order chi connectivity index (χ1) is 6.13. The second-order valence-corrected chi connectivity index (χ2v) is 2.57. The van der Waals surface area contributed by atoms with E-state index in [0.29, 0.717) is 0 Å². The fourth-order valence-electron chi connectivity index (χ4n) is 0.964. The quantitative estimate of drug-likeness (QED) is 0.518. The highest BCUT2D eigenvalue weighted by Crippen LogP contribution is 2.10. The molecular formula is C10H8F2O. The Bertz CT molecular complexity index is 325. The largest absolute Gasteiger partial charge is 0.294 e. The van der Waals surface area contributed by atoms with E-state index in [-0.39, 0.29) is 17.8 Å². The van der Waals surface area contributed by atoms with Crippen molar-refractivity contribution in [3.63, 3.8) is 0 Å². The first-order valence-electron chi connectivity index (χ1n) is 3.73. The number of benzene rings is 1. The van der Waals surface area contributed by atoms with Crippen LogP contribution in [0.4, 0.5) is 8.78 Å². The Kier molecular flexibility index (Phi) is 2.90. The van der Waals surface area contributed by atoms with Gasteiger partial charge in [0.1, 0.15) is 11.6 Å². The van der Waals surface area contributed by atoms with Crippen LogP contribution in [-0.2, 0) is 0 Å². The van der Waals surface area contributed by atoms with Gasteiger partial charge in [0.2, 0.25) is 0 Å². The summed E-state index contributed by atoms with van der Waals surface area (Å²) in [5, 5.41) is 0. The molecule has 1 aromatic rings. The Labute approximate surface area is 74.7 Å². The predicted octanol–water partition coefficient (Wildman–Crippen LogP) is 2.72. The van der Waals surface area contributed by atoms with Crippen LogP contribution in [0.15, 0.2) is 30.9 Å². The summed E-state index contributed by atoms with van der Waals surface area (Å²) in [6.45, 7) is 3.36. The van der Waals surface area contributed by atoms with Gasteiger partial charge in [-0.25, -0.2) is 8.78 Å². The van der Waals surface area contributed by atoms with Gasteiger partial charge in [0.05, 0.1) is 0 Å². The molecule has 68 valence electrons. The number of Topliss-reactive ketones (excluding diaryl/α,β-unsaturated/α-hetero) is 1. The van der Waals surface area contributed by atoms with Gasteiger partial charge >= 0.3 is 0 Å². The normalized spacial score (nSPS) is 9.69. The molecule has 0 amide bonds. The standard InChI is InChI=1S/C10H8F2O/c1-2-3-10(13)7-4-8(11)6-9(12)5-7/h2,4-6H,1,3H2. The number of rotatable bonds is 3. The number of ketones is 1. The van der Waals surface area contributed by atoms with Crippen LogP contribution in [0.3, 0.4) is 0 Å². The minimum Gasteiger partial charge on any atom is -0.294 e. The van der Waals surface area contributed by atoms with E-state index >= 15 is 0 Å². The maximum Gasteiger partial charge on any atom is 0.166 e. The molecule has 0 atom stereocenters. The average Bonchev–Trinajstić information content (AvgIpc) is 2.03. The summed E-state index contributed by atoms with van der Waals surface area (Å²) in [6.07, 6.45) is 1.48. The number of halogens is 2. The Morgan fingerprint density at radius 2 is 1.85 bits per heavy atom. The van der Waals surface area contributed by atoms with Gasteiger partial charge in [0, 0.05) is 18.1 Å². The van der Waals surface area contributed by atoms with Crippen molar-refractivity contribution in [2.45, 2.75) is 6.42 Å². The zero-order valence-electron chi connectivity index (χ0n) is 6.89. The van der Waals surface area contributed by atoms with E-state index in [4.69, 9.17) is 0 Å². The molecule has 0 aliphatic rings. The van der Waals surface area contributed by atoms with Crippen LogP contribution in [0.2, 0.25) is 0 Å². The maximum atomic E-state index is 12.6. The topological polar surface area (TPSA) is 17.1 Å². The molecular weight excluding hydrogens is 174 g/mol. The van der Waals surface area contributed by atoms with Crippen LogP contribution in [0.5, 0.6) is 0 Å². The van der Waals surface area contributed by atoms with E-state index in [0.717, 1.165) is 18.2 Å². The molecule has 0 bridgehead atoms. The molecule has 0 aliphatic carbocycles. The summed E-state index contributed by atoms with van der Waals surface area (Å²) >= 11 is 0. The van der Waals surface area contributed by atoms with Gasteiger partial charge in [-0.15, -0.1) is 6.58 Å². The number of carbonyl (C=O) groups excluding carboxylic acids is 1. The lowest BCUT2D eigenvalue weighted by Crippen LogP contribution is -1.98. The van der Waals surface area contributed by atoms with E-state index in [9.17, 15) is 13.6 Å². The monoisotopic (exact) mass is 182 g/mol. The van der Waals surface area contributed by atoms with Crippen LogP contribution < -0.4 is 0 Å². The molecule has 13 heavy (non-hydrogen) atoms. The first-order valence-corrected chi connectivity index (χ1v) is 3.73. The van der Waals surface area contributed by atoms with Gasteiger partial charge in [0.15, 0.2) is 5.78 Å². The average molecular weight is 182 g/mol. The fourth-order valence-corrected chi connectivity index (χ4v) is 0.964. The van der Waals surface area contributed by atoms with Crippen molar-refractivity contribution in [3.8, 4) is 0 Å².